The Labute approximate surface area is 223 Å². The predicted octanol–water partition coefficient (Wildman–Crippen LogP) is 6.94. The summed E-state index contributed by atoms with van der Waals surface area (Å²) in [6.07, 6.45) is 5.75. The molecule has 4 rings (SSSR count). The smallest absolute Gasteiger partial charge is 0.254 e. The Morgan fingerprint density at radius 2 is 1.69 bits per heavy atom. The van der Waals surface area contributed by atoms with Crippen LogP contribution in [0.5, 0.6) is 0 Å². The first-order valence-corrected chi connectivity index (χ1v) is 13.3. The van der Waals surface area contributed by atoms with Gasteiger partial charge in [-0.2, -0.15) is 0 Å². The number of amides is 2. The van der Waals surface area contributed by atoms with Crippen molar-refractivity contribution < 1.29 is 14.0 Å². The van der Waals surface area contributed by atoms with Crippen LogP contribution in [0.1, 0.15) is 59.5 Å². The first kappa shape index (κ1) is 26.3. The van der Waals surface area contributed by atoms with Crippen LogP contribution >= 0.6 is 23.2 Å². The van der Waals surface area contributed by atoms with E-state index in [1.54, 1.807) is 28.0 Å². The summed E-state index contributed by atoms with van der Waals surface area (Å²) in [6.45, 7) is 2.79. The molecule has 0 unspecified atom stereocenters. The van der Waals surface area contributed by atoms with Gasteiger partial charge in [0.2, 0.25) is 5.91 Å². The van der Waals surface area contributed by atoms with E-state index >= 15 is 0 Å². The van der Waals surface area contributed by atoms with Crippen molar-refractivity contribution in [1.29, 1.82) is 0 Å². The van der Waals surface area contributed by atoms with E-state index < -0.39 is 0 Å². The maximum absolute atomic E-state index is 13.7. The highest BCUT2D eigenvalue weighted by Crippen LogP contribution is 2.27. The molecule has 1 aromatic heterocycles. The molecule has 2 amide bonds. The highest BCUT2D eigenvalue weighted by atomic mass is 35.5. The van der Waals surface area contributed by atoms with Crippen LogP contribution in [0.3, 0.4) is 0 Å². The topological polar surface area (TPSA) is 53.8 Å². The fourth-order valence-corrected chi connectivity index (χ4v) is 5.06. The molecule has 0 atom stereocenters. The Balaban J connectivity index is 1.55. The zero-order valence-corrected chi connectivity index (χ0v) is 22.1. The summed E-state index contributed by atoms with van der Waals surface area (Å²) in [7, 11) is 0. The fourth-order valence-electron chi connectivity index (χ4n) is 4.76. The number of hydrogen-bond donors (Lipinski definition) is 0. The average molecular weight is 527 g/mol. The van der Waals surface area contributed by atoms with Gasteiger partial charge in [-0.15, -0.1) is 0 Å². The van der Waals surface area contributed by atoms with Crippen LogP contribution in [0.2, 0.25) is 10.0 Å². The standard InChI is InChI=1S/C29H32Cl2N2O3/c1-21-12-14-25(36-21)19-32(17-16-22-8-4-2-5-9-22)28(34)20-33(24-10-6-3-7-11-24)29(35)23-13-15-26(30)27(31)18-23/h2,4-5,8-9,12-15,18,24H,3,6-7,10-11,16-17,19-20H2,1H3. The van der Waals surface area contributed by atoms with Crippen LogP contribution in [0.25, 0.3) is 0 Å². The minimum absolute atomic E-state index is 0.0121. The molecule has 5 nitrogen and oxygen atoms in total. The number of rotatable bonds is 9. The third kappa shape index (κ3) is 6.92. The second-order valence-electron chi connectivity index (χ2n) is 9.42. The van der Waals surface area contributed by atoms with Crippen molar-refractivity contribution in [3.8, 4) is 0 Å². The third-order valence-electron chi connectivity index (χ3n) is 6.76. The SMILES string of the molecule is Cc1ccc(CN(CCc2ccccc2)C(=O)CN(C(=O)c2ccc(Cl)c(Cl)c2)C2CCCCC2)o1. The molecular formula is C29H32Cl2N2O3. The van der Waals surface area contributed by atoms with Gasteiger partial charge in [-0.05, 0) is 62.1 Å². The van der Waals surface area contributed by atoms with E-state index in [2.05, 4.69) is 12.1 Å². The van der Waals surface area contributed by atoms with Gasteiger partial charge in [0.05, 0.1) is 16.6 Å². The molecule has 1 fully saturated rings. The van der Waals surface area contributed by atoms with Crippen molar-refractivity contribution >= 4 is 35.0 Å². The van der Waals surface area contributed by atoms with Gasteiger partial charge in [0.1, 0.15) is 18.1 Å². The lowest BCUT2D eigenvalue weighted by molar-refractivity contribution is -0.133. The van der Waals surface area contributed by atoms with E-state index in [0.29, 0.717) is 28.7 Å². The van der Waals surface area contributed by atoms with Gasteiger partial charge in [0, 0.05) is 18.2 Å². The lowest BCUT2D eigenvalue weighted by Gasteiger charge is -2.35. The zero-order valence-electron chi connectivity index (χ0n) is 20.6. The zero-order chi connectivity index (χ0) is 25.5. The number of halogens is 2. The largest absolute Gasteiger partial charge is 0.464 e. The highest BCUT2D eigenvalue weighted by Gasteiger charge is 2.30. The Kier molecular flexibility index (Phi) is 9.11. The third-order valence-corrected chi connectivity index (χ3v) is 7.50. The van der Waals surface area contributed by atoms with Gasteiger partial charge < -0.3 is 14.2 Å². The van der Waals surface area contributed by atoms with E-state index in [-0.39, 0.29) is 24.4 Å². The molecule has 36 heavy (non-hydrogen) atoms. The summed E-state index contributed by atoms with van der Waals surface area (Å²) in [4.78, 5) is 30.9. The van der Waals surface area contributed by atoms with Gasteiger partial charge >= 0.3 is 0 Å². The molecule has 1 aliphatic rings. The normalized spacial score (nSPS) is 14.0. The molecule has 0 saturated heterocycles. The van der Waals surface area contributed by atoms with E-state index in [1.165, 1.54) is 0 Å². The van der Waals surface area contributed by atoms with Gasteiger partial charge in [-0.25, -0.2) is 0 Å². The van der Waals surface area contributed by atoms with Gasteiger partial charge in [-0.3, -0.25) is 9.59 Å². The maximum Gasteiger partial charge on any atom is 0.254 e. The quantitative estimate of drug-likeness (QED) is 0.303. The van der Waals surface area contributed by atoms with Gasteiger partial charge in [0.25, 0.3) is 5.91 Å². The molecule has 0 spiro atoms. The van der Waals surface area contributed by atoms with Crippen LogP contribution in [0.15, 0.2) is 65.1 Å². The molecule has 1 heterocycles. The van der Waals surface area contributed by atoms with E-state index in [9.17, 15) is 9.59 Å². The molecule has 0 radical (unpaired) electrons. The Hall–Kier alpha value is -2.76. The molecule has 1 saturated carbocycles. The van der Waals surface area contributed by atoms with Crippen molar-refractivity contribution in [2.75, 3.05) is 13.1 Å². The second-order valence-corrected chi connectivity index (χ2v) is 10.2. The number of benzene rings is 2. The lowest BCUT2D eigenvalue weighted by atomic mass is 9.93. The van der Waals surface area contributed by atoms with Gasteiger partial charge in [-0.1, -0.05) is 72.8 Å². The van der Waals surface area contributed by atoms with Crippen molar-refractivity contribution in [2.24, 2.45) is 0 Å². The van der Waals surface area contributed by atoms with Crippen LogP contribution < -0.4 is 0 Å². The highest BCUT2D eigenvalue weighted by molar-refractivity contribution is 6.42. The Bertz CT molecular complexity index is 1170. The van der Waals surface area contributed by atoms with Crippen LogP contribution in [-0.2, 0) is 17.8 Å². The average Bonchev–Trinajstić information content (AvgIpc) is 3.31. The molecule has 3 aromatic rings. The molecule has 2 aromatic carbocycles. The Morgan fingerprint density at radius 1 is 0.944 bits per heavy atom. The predicted molar refractivity (Wildman–Crippen MR) is 143 cm³/mol. The second kappa shape index (κ2) is 12.5. The number of carbonyl (C=O) groups is 2. The maximum atomic E-state index is 13.7. The van der Waals surface area contributed by atoms with Crippen molar-refractivity contribution in [1.82, 2.24) is 9.80 Å². The van der Waals surface area contributed by atoms with Crippen LogP contribution in [0, 0.1) is 6.92 Å². The lowest BCUT2D eigenvalue weighted by Crippen LogP contribution is -2.48. The molecule has 0 N–H and O–H groups in total. The molecule has 1 aliphatic carbocycles. The summed E-state index contributed by atoms with van der Waals surface area (Å²) in [5, 5.41) is 0.726. The molecule has 190 valence electrons. The fraction of sp³-hybridized carbons (Fsp3) is 0.379. The van der Waals surface area contributed by atoms with E-state index in [0.717, 1.165) is 55.6 Å². The Morgan fingerprint density at radius 3 is 2.36 bits per heavy atom. The number of furan rings is 1. The summed E-state index contributed by atoms with van der Waals surface area (Å²) >= 11 is 12.3. The van der Waals surface area contributed by atoms with Crippen molar-refractivity contribution in [3.63, 3.8) is 0 Å². The number of nitrogens with zero attached hydrogens (tertiary/aromatic N) is 2. The molecule has 7 heteroatoms. The monoisotopic (exact) mass is 526 g/mol. The summed E-state index contributed by atoms with van der Waals surface area (Å²) in [5.41, 5.74) is 1.60. The first-order chi connectivity index (χ1) is 17.4. The van der Waals surface area contributed by atoms with E-state index in [1.807, 2.05) is 37.3 Å². The van der Waals surface area contributed by atoms with Crippen LogP contribution in [-0.4, -0.2) is 40.7 Å². The number of aryl methyl sites for hydroxylation is 1. The summed E-state index contributed by atoms with van der Waals surface area (Å²) in [5.74, 6) is 1.25. The number of carbonyl (C=O) groups excluding carboxylic acids is 2. The van der Waals surface area contributed by atoms with Crippen LogP contribution in [0.4, 0.5) is 0 Å². The van der Waals surface area contributed by atoms with E-state index in [4.69, 9.17) is 27.6 Å². The summed E-state index contributed by atoms with van der Waals surface area (Å²) in [6, 6.07) is 18.8. The number of hydrogen-bond acceptors (Lipinski definition) is 3. The minimum Gasteiger partial charge on any atom is -0.464 e. The molecule has 0 aliphatic heterocycles. The first-order valence-electron chi connectivity index (χ1n) is 12.5. The minimum atomic E-state index is -0.189. The molecule has 0 bridgehead atoms. The summed E-state index contributed by atoms with van der Waals surface area (Å²) < 4.78 is 5.78. The molecular weight excluding hydrogens is 495 g/mol. The van der Waals surface area contributed by atoms with Gasteiger partial charge in [0.15, 0.2) is 0 Å². The van der Waals surface area contributed by atoms with Crippen molar-refractivity contribution in [2.45, 2.75) is 58.0 Å². The van der Waals surface area contributed by atoms with Crippen molar-refractivity contribution in [3.05, 3.63) is 93.4 Å².